The molecule has 3 rings (SSSR count). The van der Waals surface area contributed by atoms with Gasteiger partial charge in [0.1, 0.15) is 0 Å². The van der Waals surface area contributed by atoms with Gasteiger partial charge < -0.3 is 20.1 Å². The summed E-state index contributed by atoms with van der Waals surface area (Å²) in [6, 6.07) is 0. The molecule has 0 aromatic carbocycles. The monoisotopic (exact) mass is 537 g/mol. The Morgan fingerprint density at radius 2 is 1.53 bits per heavy atom. The zero-order chi connectivity index (χ0) is 20.6. The van der Waals surface area contributed by atoms with Gasteiger partial charge >= 0.3 is 0 Å². The lowest BCUT2D eigenvalue weighted by Gasteiger charge is -2.48. The fourth-order valence-corrected chi connectivity index (χ4v) is 4.98. The van der Waals surface area contributed by atoms with Crippen molar-refractivity contribution in [1.82, 2.24) is 20.4 Å². The minimum absolute atomic E-state index is 0. The van der Waals surface area contributed by atoms with Gasteiger partial charge in [-0.05, 0) is 33.6 Å². The molecule has 0 radical (unpaired) electrons. The van der Waals surface area contributed by atoms with E-state index in [0.29, 0.717) is 0 Å². The predicted molar refractivity (Wildman–Crippen MR) is 134 cm³/mol. The standard InChI is InChI=1S/C22H43N5O2.HI/c1-4-23-20(24-18-21(2,3)26-10-14-28-15-11-26)25-19-22(8-6-5-7-9-22)27-12-16-29-17-13-27;/h4-19H2,1-3H3,(H2,23,24,25);1H. The van der Waals surface area contributed by atoms with Gasteiger partial charge in [0, 0.05) is 50.3 Å². The van der Waals surface area contributed by atoms with Gasteiger partial charge in [-0.3, -0.25) is 14.8 Å². The number of ether oxygens (including phenoxy) is 2. The largest absolute Gasteiger partial charge is 0.379 e. The molecule has 1 aliphatic carbocycles. The summed E-state index contributed by atoms with van der Waals surface area (Å²) < 4.78 is 11.1. The maximum Gasteiger partial charge on any atom is 0.191 e. The van der Waals surface area contributed by atoms with Gasteiger partial charge in [0.05, 0.1) is 33.0 Å². The highest BCUT2D eigenvalue weighted by Crippen LogP contribution is 2.33. The maximum atomic E-state index is 5.62. The predicted octanol–water partition coefficient (Wildman–Crippen LogP) is 2.31. The molecule has 0 bridgehead atoms. The lowest BCUT2D eigenvalue weighted by atomic mass is 9.80. The third kappa shape index (κ3) is 7.18. The van der Waals surface area contributed by atoms with Crippen molar-refractivity contribution in [2.45, 2.75) is 64.0 Å². The number of hydrogen-bond acceptors (Lipinski definition) is 5. The van der Waals surface area contributed by atoms with E-state index >= 15 is 0 Å². The Labute approximate surface area is 200 Å². The molecule has 0 unspecified atom stereocenters. The van der Waals surface area contributed by atoms with Crippen molar-refractivity contribution in [3.8, 4) is 0 Å². The first-order valence-corrected chi connectivity index (χ1v) is 11.7. The van der Waals surface area contributed by atoms with E-state index in [4.69, 9.17) is 14.5 Å². The average molecular weight is 538 g/mol. The lowest BCUT2D eigenvalue weighted by molar-refractivity contribution is -0.0353. The van der Waals surface area contributed by atoms with Crippen molar-refractivity contribution in [1.29, 1.82) is 0 Å². The van der Waals surface area contributed by atoms with Crippen LogP contribution in [-0.2, 0) is 9.47 Å². The summed E-state index contributed by atoms with van der Waals surface area (Å²) in [5, 5.41) is 7.19. The molecule has 2 saturated heterocycles. The number of hydrogen-bond donors (Lipinski definition) is 2. The van der Waals surface area contributed by atoms with E-state index in [1.165, 1.54) is 32.1 Å². The molecule has 0 aromatic rings. The van der Waals surface area contributed by atoms with Gasteiger partial charge in [0.2, 0.25) is 0 Å². The molecule has 0 spiro atoms. The number of aliphatic imine (C=N–C) groups is 1. The molecule has 3 fully saturated rings. The van der Waals surface area contributed by atoms with E-state index in [2.05, 4.69) is 41.2 Å². The summed E-state index contributed by atoms with van der Waals surface area (Å²) in [5.74, 6) is 0.951. The fraction of sp³-hybridized carbons (Fsp3) is 0.955. The number of guanidine groups is 1. The SMILES string of the molecule is CCNC(=NCC(C)(C)N1CCOCC1)NCC1(N2CCOCC2)CCCCC1.I. The van der Waals surface area contributed by atoms with Crippen molar-refractivity contribution in [3.63, 3.8) is 0 Å². The van der Waals surface area contributed by atoms with Crippen molar-refractivity contribution in [2.75, 3.05) is 72.2 Å². The first kappa shape index (κ1) is 26.1. The molecule has 0 aromatic heterocycles. The molecule has 2 N–H and O–H groups in total. The molecule has 2 heterocycles. The second-order valence-electron chi connectivity index (χ2n) is 9.34. The zero-order valence-corrected chi connectivity index (χ0v) is 21.7. The van der Waals surface area contributed by atoms with Crippen LogP contribution < -0.4 is 10.6 Å². The van der Waals surface area contributed by atoms with Gasteiger partial charge in [-0.1, -0.05) is 19.3 Å². The minimum atomic E-state index is 0. The second-order valence-corrected chi connectivity index (χ2v) is 9.34. The Morgan fingerprint density at radius 3 is 2.13 bits per heavy atom. The van der Waals surface area contributed by atoms with Gasteiger partial charge in [0.15, 0.2) is 5.96 Å². The van der Waals surface area contributed by atoms with Crippen molar-refractivity contribution in [2.24, 2.45) is 4.99 Å². The maximum absolute atomic E-state index is 5.62. The second kappa shape index (κ2) is 12.8. The van der Waals surface area contributed by atoms with Crippen LogP contribution in [0, 0.1) is 0 Å². The number of rotatable bonds is 7. The van der Waals surface area contributed by atoms with Crippen LogP contribution in [0.5, 0.6) is 0 Å². The quantitative estimate of drug-likeness (QED) is 0.296. The normalized spacial score (nSPS) is 24.2. The Bertz CT molecular complexity index is 514. The van der Waals surface area contributed by atoms with E-state index in [-0.39, 0.29) is 35.1 Å². The molecular formula is C22H44IN5O2. The number of nitrogens with one attached hydrogen (secondary N) is 2. The van der Waals surface area contributed by atoms with Crippen LogP contribution >= 0.6 is 24.0 Å². The molecule has 7 nitrogen and oxygen atoms in total. The van der Waals surface area contributed by atoms with E-state index in [1.54, 1.807) is 0 Å². The third-order valence-corrected chi connectivity index (χ3v) is 6.89. The first-order valence-electron chi connectivity index (χ1n) is 11.7. The summed E-state index contributed by atoms with van der Waals surface area (Å²) in [6.45, 7) is 16.8. The topological polar surface area (TPSA) is 61.4 Å². The summed E-state index contributed by atoms with van der Waals surface area (Å²) in [5.41, 5.74) is 0.289. The molecule has 2 aliphatic heterocycles. The lowest BCUT2D eigenvalue weighted by Crippen LogP contribution is -2.60. The van der Waals surface area contributed by atoms with Gasteiger partial charge in [-0.2, -0.15) is 0 Å². The van der Waals surface area contributed by atoms with Crippen LogP contribution in [0.2, 0.25) is 0 Å². The highest BCUT2D eigenvalue weighted by Gasteiger charge is 2.38. The highest BCUT2D eigenvalue weighted by molar-refractivity contribution is 14.0. The molecule has 30 heavy (non-hydrogen) atoms. The van der Waals surface area contributed by atoms with Crippen molar-refractivity contribution < 1.29 is 9.47 Å². The summed E-state index contributed by atoms with van der Waals surface area (Å²) in [6.07, 6.45) is 6.58. The van der Waals surface area contributed by atoms with E-state index in [1.807, 2.05) is 0 Å². The molecule has 176 valence electrons. The summed E-state index contributed by atoms with van der Waals surface area (Å²) >= 11 is 0. The molecule has 3 aliphatic rings. The molecular weight excluding hydrogens is 493 g/mol. The van der Waals surface area contributed by atoms with Crippen LogP contribution in [0.25, 0.3) is 0 Å². The Balaban J connectivity index is 0.00000320. The molecule has 1 saturated carbocycles. The van der Waals surface area contributed by atoms with Crippen LogP contribution in [-0.4, -0.2) is 99.1 Å². The van der Waals surface area contributed by atoms with Gasteiger partial charge in [0.25, 0.3) is 0 Å². The number of nitrogens with zero attached hydrogens (tertiary/aromatic N) is 3. The number of morpholine rings is 2. The number of halogens is 1. The Hall–Kier alpha value is -0.160. The molecule has 0 amide bonds. The Kier molecular flexibility index (Phi) is 11.1. The van der Waals surface area contributed by atoms with Gasteiger partial charge in [-0.25, -0.2) is 0 Å². The third-order valence-electron chi connectivity index (χ3n) is 6.89. The van der Waals surface area contributed by atoms with Crippen LogP contribution in [0.15, 0.2) is 4.99 Å². The van der Waals surface area contributed by atoms with E-state index in [0.717, 1.165) is 78.2 Å². The highest BCUT2D eigenvalue weighted by atomic mass is 127. The van der Waals surface area contributed by atoms with E-state index in [9.17, 15) is 0 Å². The molecule has 0 atom stereocenters. The minimum Gasteiger partial charge on any atom is -0.379 e. The summed E-state index contributed by atoms with van der Waals surface area (Å²) in [7, 11) is 0. The van der Waals surface area contributed by atoms with Gasteiger partial charge in [-0.15, -0.1) is 24.0 Å². The zero-order valence-electron chi connectivity index (χ0n) is 19.4. The smallest absolute Gasteiger partial charge is 0.191 e. The molecule has 8 heteroatoms. The van der Waals surface area contributed by atoms with Crippen molar-refractivity contribution >= 4 is 29.9 Å². The first-order chi connectivity index (χ1) is 14.1. The van der Waals surface area contributed by atoms with E-state index < -0.39 is 0 Å². The van der Waals surface area contributed by atoms with Crippen LogP contribution in [0.1, 0.15) is 52.9 Å². The van der Waals surface area contributed by atoms with Crippen LogP contribution in [0.3, 0.4) is 0 Å². The van der Waals surface area contributed by atoms with Crippen molar-refractivity contribution in [3.05, 3.63) is 0 Å². The Morgan fingerprint density at radius 1 is 0.933 bits per heavy atom. The average Bonchev–Trinajstić information content (AvgIpc) is 2.77. The van der Waals surface area contributed by atoms with Crippen LogP contribution in [0.4, 0.5) is 0 Å². The fourth-order valence-electron chi connectivity index (χ4n) is 4.98. The summed E-state index contributed by atoms with van der Waals surface area (Å²) in [4.78, 5) is 10.2.